The first kappa shape index (κ1) is 17.2. The minimum absolute atomic E-state index is 0.314. The Labute approximate surface area is 115 Å². The molecular formula is C18H32. The van der Waals surface area contributed by atoms with E-state index < -0.39 is 0 Å². The van der Waals surface area contributed by atoms with Gasteiger partial charge in [0.1, 0.15) is 0 Å². The molecule has 0 aromatic heterocycles. The molecule has 0 amide bonds. The summed E-state index contributed by atoms with van der Waals surface area (Å²) in [5.74, 6) is 0. The molecule has 0 aliphatic heterocycles. The Morgan fingerprint density at radius 3 is 2.00 bits per heavy atom. The van der Waals surface area contributed by atoms with Gasteiger partial charge in [0.2, 0.25) is 0 Å². The highest BCUT2D eigenvalue weighted by atomic mass is 14.3. The van der Waals surface area contributed by atoms with Gasteiger partial charge in [0.05, 0.1) is 0 Å². The normalized spacial score (nSPS) is 10.9. The van der Waals surface area contributed by atoms with Crippen LogP contribution < -0.4 is 0 Å². The summed E-state index contributed by atoms with van der Waals surface area (Å²) in [6, 6.07) is 4.75. The fourth-order valence-electron chi connectivity index (χ4n) is 2.60. The van der Waals surface area contributed by atoms with Crippen LogP contribution in [0.25, 0.3) is 0 Å². The first-order chi connectivity index (χ1) is 8.42. The average Bonchev–Trinajstić information content (AvgIpc) is 2.34. The van der Waals surface area contributed by atoms with Crippen LogP contribution in [0, 0.1) is 13.8 Å². The SMILES string of the molecule is CC.CCCC(C)(C)c1cc(CC)cc(C)c1C. The summed E-state index contributed by atoms with van der Waals surface area (Å²) < 4.78 is 0. The van der Waals surface area contributed by atoms with Gasteiger partial charge in [-0.2, -0.15) is 0 Å². The molecule has 0 saturated carbocycles. The molecule has 0 unspecified atom stereocenters. The molecule has 0 fully saturated rings. The van der Waals surface area contributed by atoms with E-state index in [0.717, 1.165) is 6.42 Å². The Hall–Kier alpha value is -0.780. The predicted octanol–water partition coefficient (Wildman–Crippen LogP) is 5.97. The molecule has 0 saturated heterocycles. The van der Waals surface area contributed by atoms with Gasteiger partial charge in [-0.15, -0.1) is 0 Å². The topological polar surface area (TPSA) is 0 Å². The van der Waals surface area contributed by atoms with Crippen LogP contribution in [0.3, 0.4) is 0 Å². The molecule has 0 bridgehead atoms. The fourth-order valence-corrected chi connectivity index (χ4v) is 2.60. The van der Waals surface area contributed by atoms with Gasteiger partial charge in [-0.25, -0.2) is 0 Å². The van der Waals surface area contributed by atoms with Gasteiger partial charge in [0.25, 0.3) is 0 Å². The Morgan fingerprint density at radius 1 is 1.00 bits per heavy atom. The summed E-state index contributed by atoms with van der Waals surface area (Å²) in [7, 11) is 0. The van der Waals surface area contributed by atoms with Gasteiger partial charge in [0.15, 0.2) is 0 Å². The molecule has 0 spiro atoms. The highest BCUT2D eigenvalue weighted by molar-refractivity contribution is 5.41. The van der Waals surface area contributed by atoms with E-state index in [4.69, 9.17) is 0 Å². The van der Waals surface area contributed by atoms with Crippen LogP contribution in [0.4, 0.5) is 0 Å². The number of benzene rings is 1. The van der Waals surface area contributed by atoms with E-state index in [-0.39, 0.29) is 0 Å². The van der Waals surface area contributed by atoms with Crippen molar-refractivity contribution in [3.63, 3.8) is 0 Å². The summed E-state index contributed by atoms with van der Waals surface area (Å²) in [6.07, 6.45) is 3.65. The second-order valence-corrected chi connectivity index (χ2v) is 5.57. The lowest BCUT2D eigenvalue weighted by molar-refractivity contribution is 0.470. The molecule has 0 aliphatic rings. The second-order valence-electron chi connectivity index (χ2n) is 5.57. The van der Waals surface area contributed by atoms with Crippen molar-refractivity contribution in [3.05, 3.63) is 34.4 Å². The highest BCUT2D eigenvalue weighted by Crippen LogP contribution is 2.33. The van der Waals surface area contributed by atoms with Gasteiger partial charge in [-0.05, 0) is 54.4 Å². The molecule has 0 heteroatoms. The zero-order chi connectivity index (χ0) is 14.3. The number of hydrogen-bond donors (Lipinski definition) is 0. The molecule has 0 atom stereocenters. The molecule has 104 valence electrons. The maximum Gasteiger partial charge on any atom is -0.0101 e. The molecular weight excluding hydrogens is 216 g/mol. The quantitative estimate of drug-likeness (QED) is 0.616. The Kier molecular flexibility index (Phi) is 7.28. The molecule has 0 aliphatic carbocycles. The van der Waals surface area contributed by atoms with Crippen molar-refractivity contribution >= 4 is 0 Å². The highest BCUT2D eigenvalue weighted by Gasteiger charge is 2.22. The third kappa shape index (κ3) is 4.15. The predicted molar refractivity (Wildman–Crippen MR) is 84.6 cm³/mol. The molecule has 18 heavy (non-hydrogen) atoms. The molecule has 1 aromatic rings. The van der Waals surface area contributed by atoms with Crippen molar-refractivity contribution in [1.82, 2.24) is 0 Å². The van der Waals surface area contributed by atoms with Crippen molar-refractivity contribution < 1.29 is 0 Å². The van der Waals surface area contributed by atoms with Crippen molar-refractivity contribution in [2.75, 3.05) is 0 Å². The maximum absolute atomic E-state index is 2.41. The summed E-state index contributed by atoms with van der Waals surface area (Å²) in [6.45, 7) is 17.8. The van der Waals surface area contributed by atoms with Crippen LogP contribution in [-0.2, 0) is 11.8 Å². The van der Waals surface area contributed by atoms with Crippen LogP contribution in [0.1, 0.15) is 76.6 Å². The summed E-state index contributed by atoms with van der Waals surface area (Å²) in [5, 5.41) is 0. The molecule has 0 nitrogen and oxygen atoms in total. The molecule has 1 aromatic carbocycles. The van der Waals surface area contributed by atoms with Gasteiger partial charge < -0.3 is 0 Å². The van der Waals surface area contributed by atoms with E-state index in [1.165, 1.54) is 29.5 Å². The minimum Gasteiger partial charge on any atom is -0.0683 e. The maximum atomic E-state index is 2.41. The fraction of sp³-hybridized carbons (Fsp3) is 0.667. The number of hydrogen-bond acceptors (Lipinski definition) is 0. The van der Waals surface area contributed by atoms with Crippen LogP contribution >= 0.6 is 0 Å². The van der Waals surface area contributed by atoms with Crippen LogP contribution in [-0.4, -0.2) is 0 Å². The third-order valence-electron chi connectivity index (χ3n) is 3.74. The summed E-state index contributed by atoms with van der Waals surface area (Å²) in [4.78, 5) is 0. The zero-order valence-corrected chi connectivity index (χ0v) is 13.8. The Balaban J connectivity index is 0.00000137. The average molecular weight is 248 g/mol. The molecule has 0 N–H and O–H groups in total. The van der Waals surface area contributed by atoms with Gasteiger partial charge in [-0.3, -0.25) is 0 Å². The van der Waals surface area contributed by atoms with Crippen molar-refractivity contribution in [1.29, 1.82) is 0 Å². The van der Waals surface area contributed by atoms with Crippen LogP contribution in [0.5, 0.6) is 0 Å². The van der Waals surface area contributed by atoms with E-state index >= 15 is 0 Å². The lowest BCUT2D eigenvalue weighted by Crippen LogP contribution is -2.19. The number of aryl methyl sites for hydroxylation is 2. The summed E-state index contributed by atoms with van der Waals surface area (Å²) in [5.41, 5.74) is 6.26. The minimum atomic E-state index is 0.314. The van der Waals surface area contributed by atoms with Gasteiger partial charge in [-0.1, -0.05) is 60.1 Å². The smallest absolute Gasteiger partial charge is 0.0101 e. The standard InChI is InChI=1S/C16H26.C2H6/c1-7-9-16(5,6)15-11-14(8-2)10-12(3)13(15)4;1-2/h10-11H,7-9H2,1-6H3;1-2H3. The summed E-state index contributed by atoms with van der Waals surface area (Å²) >= 11 is 0. The van der Waals surface area contributed by atoms with Crippen molar-refractivity contribution in [2.24, 2.45) is 0 Å². The van der Waals surface area contributed by atoms with E-state index in [0.29, 0.717) is 5.41 Å². The van der Waals surface area contributed by atoms with E-state index in [1.54, 1.807) is 5.56 Å². The van der Waals surface area contributed by atoms with Crippen molar-refractivity contribution in [3.8, 4) is 0 Å². The lowest BCUT2D eigenvalue weighted by Gasteiger charge is -2.28. The first-order valence-electron chi connectivity index (χ1n) is 7.53. The molecule has 0 heterocycles. The van der Waals surface area contributed by atoms with E-state index in [2.05, 4.69) is 53.7 Å². The zero-order valence-electron chi connectivity index (χ0n) is 13.8. The van der Waals surface area contributed by atoms with E-state index in [9.17, 15) is 0 Å². The van der Waals surface area contributed by atoms with Crippen molar-refractivity contribution in [2.45, 2.75) is 80.1 Å². The molecule has 1 rings (SSSR count). The van der Waals surface area contributed by atoms with Crippen LogP contribution in [0.2, 0.25) is 0 Å². The third-order valence-corrected chi connectivity index (χ3v) is 3.74. The largest absolute Gasteiger partial charge is 0.0683 e. The van der Waals surface area contributed by atoms with Crippen LogP contribution in [0.15, 0.2) is 12.1 Å². The van der Waals surface area contributed by atoms with Gasteiger partial charge >= 0.3 is 0 Å². The Bertz CT molecular complexity index is 359. The molecule has 0 radical (unpaired) electrons. The van der Waals surface area contributed by atoms with Gasteiger partial charge in [0, 0.05) is 0 Å². The monoisotopic (exact) mass is 248 g/mol. The number of rotatable bonds is 4. The lowest BCUT2D eigenvalue weighted by atomic mass is 9.77. The second kappa shape index (κ2) is 7.61. The van der Waals surface area contributed by atoms with E-state index in [1.807, 2.05) is 13.8 Å². The Morgan fingerprint density at radius 2 is 1.56 bits per heavy atom. The first-order valence-corrected chi connectivity index (χ1v) is 7.53.